The molecule has 0 bridgehead atoms. The molecule has 11 nitrogen and oxygen atoms in total. The van der Waals surface area contributed by atoms with Gasteiger partial charge in [0.25, 0.3) is 5.91 Å². The van der Waals surface area contributed by atoms with Crippen LogP contribution in [0.3, 0.4) is 0 Å². The van der Waals surface area contributed by atoms with Crippen molar-refractivity contribution in [3.8, 4) is 0 Å². The zero-order chi connectivity index (χ0) is 27.1. The van der Waals surface area contributed by atoms with Crippen molar-refractivity contribution in [2.24, 2.45) is 7.05 Å². The van der Waals surface area contributed by atoms with Crippen LogP contribution >= 0.6 is 0 Å². The third-order valence-corrected chi connectivity index (χ3v) is 7.93. The lowest BCUT2D eigenvalue weighted by Gasteiger charge is -2.37. The van der Waals surface area contributed by atoms with Gasteiger partial charge < -0.3 is 24.8 Å². The average Bonchev–Trinajstić information content (AvgIpc) is 3.59. The predicted octanol–water partition coefficient (Wildman–Crippen LogP) is 3.84. The number of anilines is 1. The quantitative estimate of drug-likeness (QED) is 0.560. The molecule has 2 aromatic rings. The molecule has 3 heterocycles. The van der Waals surface area contributed by atoms with Gasteiger partial charge in [-0.3, -0.25) is 9.48 Å². The highest BCUT2D eigenvalue weighted by atomic mass is 16.6. The molecule has 208 valence electrons. The van der Waals surface area contributed by atoms with Crippen molar-refractivity contribution in [3.05, 3.63) is 29.2 Å². The second kappa shape index (κ2) is 10.3. The molecular weight excluding hydrogens is 488 g/mol. The van der Waals surface area contributed by atoms with Crippen LogP contribution in [-0.2, 0) is 33.4 Å². The molecule has 3 fully saturated rings. The maximum Gasteiger partial charge on any atom is 0.407 e. The Kier molecular flexibility index (Phi) is 7.25. The number of hydrogen-bond acceptors (Lipinski definition) is 7. The Labute approximate surface area is 223 Å². The molecule has 2 aliphatic carbocycles. The Bertz CT molecular complexity index is 1180. The summed E-state index contributed by atoms with van der Waals surface area (Å²) in [6, 6.07) is 3.70. The summed E-state index contributed by atoms with van der Waals surface area (Å²) in [5.74, 6) is 0.508. The highest BCUT2D eigenvalue weighted by Gasteiger charge is 2.45. The van der Waals surface area contributed by atoms with Gasteiger partial charge in [0.2, 0.25) is 0 Å². The third kappa shape index (κ3) is 5.58. The van der Waals surface area contributed by atoms with Crippen LogP contribution in [0.1, 0.15) is 93.5 Å². The van der Waals surface area contributed by atoms with Crippen molar-refractivity contribution in [1.82, 2.24) is 24.9 Å². The first kappa shape index (κ1) is 26.7. The van der Waals surface area contributed by atoms with Crippen LogP contribution in [0, 0.1) is 0 Å². The number of nitrogens with one attached hydrogen (secondary N) is 2. The first-order valence-corrected chi connectivity index (χ1v) is 13.6. The maximum absolute atomic E-state index is 13.1. The van der Waals surface area contributed by atoms with E-state index in [4.69, 9.17) is 19.3 Å². The summed E-state index contributed by atoms with van der Waals surface area (Å²) < 4.78 is 20.2. The van der Waals surface area contributed by atoms with Gasteiger partial charge in [-0.05, 0) is 71.8 Å². The second-order valence-corrected chi connectivity index (χ2v) is 12.0. The molecule has 1 aliphatic heterocycles. The molecule has 11 heteroatoms. The Morgan fingerprint density at radius 2 is 2.00 bits per heavy atom. The van der Waals surface area contributed by atoms with Crippen LogP contribution in [0.2, 0.25) is 0 Å². The van der Waals surface area contributed by atoms with E-state index in [-0.39, 0.29) is 41.2 Å². The molecule has 3 atom stereocenters. The van der Waals surface area contributed by atoms with Crippen molar-refractivity contribution in [2.45, 2.75) is 102 Å². The summed E-state index contributed by atoms with van der Waals surface area (Å²) in [5.41, 5.74) is 1.68. The standard InChI is InChI=1S/C27H40N6O5/c1-26(2,3)33-23(29-24(34)22-12-18(15-36-5)30-32(22)4)13-21(31-33)17-7-8-20(11-17)38-25(35)28-19-14-27(37-16-19)9-6-10-27/h12-13,17,19-20H,6-11,14-16H2,1-5H3,(H,28,35)(H,29,34)/t17-,19?,20+/m0/s1. The van der Waals surface area contributed by atoms with Crippen LogP contribution in [0.5, 0.6) is 0 Å². The largest absolute Gasteiger partial charge is 0.446 e. The Hall–Kier alpha value is -2.92. The fraction of sp³-hybridized carbons (Fsp3) is 0.704. The average molecular weight is 529 g/mol. The van der Waals surface area contributed by atoms with Gasteiger partial charge in [-0.25, -0.2) is 9.48 Å². The second-order valence-electron chi connectivity index (χ2n) is 12.0. The lowest BCUT2D eigenvalue weighted by molar-refractivity contribution is -0.0563. The lowest BCUT2D eigenvalue weighted by atomic mass is 9.77. The van der Waals surface area contributed by atoms with Gasteiger partial charge in [-0.15, -0.1) is 0 Å². The smallest absolute Gasteiger partial charge is 0.407 e. The topological polar surface area (TPSA) is 122 Å². The van der Waals surface area contributed by atoms with E-state index in [0.717, 1.165) is 37.8 Å². The van der Waals surface area contributed by atoms with Gasteiger partial charge >= 0.3 is 6.09 Å². The van der Waals surface area contributed by atoms with Gasteiger partial charge in [0.15, 0.2) is 0 Å². The molecule has 0 radical (unpaired) electrons. The highest BCUT2D eigenvalue weighted by molar-refractivity contribution is 6.02. The van der Waals surface area contributed by atoms with E-state index in [1.54, 1.807) is 24.9 Å². The minimum absolute atomic E-state index is 0.00163. The summed E-state index contributed by atoms with van der Waals surface area (Å²) in [7, 11) is 3.33. The Balaban J connectivity index is 1.21. The molecular formula is C27H40N6O5. The molecule has 2 aromatic heterocycles. The third-order valence-electron chi connectivity index (χ3n) is 7.93. The van der Waals surface area contributed by atoms with Crippen molar-refractivity contribution >= 4 is 17.8 Å². The molecule has 38 heavy (non-hydrogen) atoms. The van der Waals surface area contributed by atoms with E-state index in [2.05, 4.69) is 15.7 Å². The number of rotatable bonds is 7. The van der Waals surface area contributed by atoms with Gasteiger partial charge in [0, 0.05) is 26.1 Å². The number of methoxy groups -OCH3 is 1. The number of carbonyl (C=O) groups is 2. The fourth-order valence-corrected chi connectivity index (χ4v) is 5.86. The fourth-order valence-electron chi connectivity index (χ4n) is 5.86. The van der Waals surface area contributed by atoms with Gasteiger partial charge in [-0.2, -0.15) is 10.2 Å². The van der Waals surface area contributed by atoms with Crippen LogP contribution in [0.4, 0.5) is 10.6 Å². The molecule has 1 saturated heterocycles. The van der Waals surface area contributed by atoms with E-state index in [1.807, 2.05) is 31.5 Å². The van der Waals surface area contributed by atoms with Gasteiger partial charge in [-0.1, -0.05) is 0 Å². The van der Waals surface area contributed by atoms with Crippen molar-refractivity contribution in [2.75, 3.05) is 19.0 Å². The lowest BCUT2D eigenvalue weighted by Crippen LogP contribution is -2.40. The van der Waals surface area contributed by atoms with Gasteiger partial charge in [0.05, 0.1) is 41.8 Å². The number of carbonyl (C=O) groups excluding carboxylic acids is 2. The van der Waals surface area contributed by atoms with Crippen LogP contribution in [0.15, 0.2) is 12.1 Å². The number of aromatic nitrogens is 4. The summed E-state index contributed by atoms with van der Waals surface area (Å²) in [6.45, 7) is 7.04. The van der Waals surface area contributed by atoms with Crippen molar-refractivity contribution in [1.29, 1.82) is 0 Å². The predicted molar refractivity (Wildman–Crippen MR) is 140 cm³/mol. The number of amides is 2. The van der Waals surface area contributed by atoms with E-state index in [0.29, 0.717) is 36.8 Å². The summed E-state index contributed by atoms with van der Waals surface area (Å²) in [6.07, 6.45) is 6.08. The number of nitrogens with zero attached hydrogens (tertiary/aromatic N) is 4. The first-order chi connectivity index (χ1) is 18.0. The van der Waals surface area contributed by atoms with E-state index in [9.17, 15) is 9.59 Å². The molecule has 5 rings (SSSR count). The number of hydrogen-bond donors (Lipinski definition) is 2. The van der Waals surface area contributed by atoms with Crippen molar-refractivity contribution in [3.63, 3.8) is 0 Å². The molecule has 0 aromatic carbocycles. The first-order valence-electron chi connectivity index (χ1n) is 13.6. The van der Waals surface area contributed by atoms with Crippen molar-refractivity contribution < 1.29 is 23.8 Å². The van der Waals surface area contributed by atoms with E-state index >= 15 is 0 Å². The number of aryl methyl sites for hydroxylation is 1. The van der Waals surface area contributed by atoms with Crippen LogP contribution in [0.25, 0.3) is 0 Å². The molecule has 1 unspecified atom stereocenters. The molecule has 1 spiro atoms. The molecule has 2 amide bonds. The monoisotopic (exact) mass is 528 g/mol. The summed E-state index contributed by atoms with van der Waals surface area (Å²) >= 11 is 0. The minimum Gasteiger partial charge on any atom is -0.446 e. The zero-order valence-corrected chi connectivity index (χ0v) is 23.1. The van der Waals surface area contributed by atoms with E-state index in [1.165, 1.54) is 6.42 Å². The highest BCUT2D eigenvalue weighted by Crippen LogP contribution is 2.43. The number of alkyl carbamates (subject to hydrolysis) is 1. The molecule has 3 aliphatic rings. The Morgan fingerprint density at radius 3 is 2.66 bits per heavy atom. The van der Waals surface area contributed by atoms with Gasteiger partial charge in [0.1, 0.15) is 17.6 Å². The SMILES string of the molecule is COCc1cc(C(=O)Nc2cc([C@H]3CC[C@@H](OC(=O)NC4COC5(CCC5)C4)C3)nn2C(C)(C)C)n(C)n1. The minimum atomic E-state index is -0.363. The van der Waals surface area contributed by atoms with Crippen LogP contribution in [-0.4, -0.2) is 63.0 Å². The summed E-state index contributed by atoms with van der Waals surface area (Å²) in [5, 5.41) is 15.2. The zero-order valence-electron chi connectivity index (χ0n) is 23.1. The van der Waals surface area contributed by atoms with E-state index < -0.39 is 0 Å². The number of ether oxygens (including phenoxy) is 3. The normalized spacial score (nSPS) is 24.4. The molecule has 2 saturated carbocycles. The maximum atomic E-state index is 13.1. The van der Waals surface area contributed by atoms with Crippen LogP contribution < -0.4 is 10.6 Å². The molecule has 2 N–H and O–H groups in total. The Morgan fingerprint density at radius 1 is 1.21 bits per heavy atom. The summed E-state index contributed by atoms with van der Waals surface area (Å²) in [4.78, 5) is 25.7.